The van der Waals surface area contributed by atoms with Gasteiger partial charge in [0.05, 0.1) is 30.2 Å². The number of hydrogen-bond donors (Lipinski definition) is 1. The molecule has 12 heteroatoms. The van der Waals surface area contributed by atoms with Crippen LogP contribution in [0.15, 0.2) is 77.9 Å². The molecule has 0 heterocycles. The van der Waals surface area contributed by atoms with Gasteiger partial charge in [0.2, 0.25) is 10.0 Å². The Morgan fingerprint density at radius 2 is 1.65 bits per heavy atom. The molecule has 0 aliphatic heterocycles. The second-order valence-corrected chi connectivity index (χ2v) is 9.81. The van der Waals surface area contributed by atoms with Crippen molar-refractivity contribution >= 4 is 33.5 Å². The minimum Gasteiger partial charge on any atom is -0.497 e. The molecular weight excluding hydrogens is 500 g/mol. The Balaban J connectivity index is 1.57. The second kappa shape index (κ2) is 12.0. The zero-order chi connectivity index (χ0) is 27.0. The molecule has 1 amide bonds. The number of non-ortho nitro benzene ring substituents is 1. The molecule has 0 bridgehead atoms. The lowest BCUT2D eigenvalue weighted by molar-refractivity contribution is -0.384. The highest BCUT2D eigenvalue weighted by Crippen LogP contribution is 2.24. The Morgan fingerprint density at radius 3 is 2.19 bits per heavy atom. The van der Waals surface area contributed by atoms with E-state index in [9.17, 15) is 23.3 Å². The predicted molar refractivity (Wildman–Crippen MR) is 139 cm³/mol. The van der Waals surface area contributed by atoms with E-state index in [4.69, 9.17) is 9.47 Å². The van der Waals surface area contributed by atoms with Crippen LogP contribution in [0.4, 0.5) is 11.4 Å². The Kier molecular flexibility index (Phi) is 8.80. The maximum atomic E-state index is 12.6. The third-order valence-electron chi connectivity index (χ3n) is 5.24. The first kappa shape index (κ1) is 27.1. The van der Waals surface area contributed by atoms with Gasteiger partial charge in [-0.2, -0.15) is 5.10 Å². The fraction of sp³-hybridized carbons (Fsp3) is 0.200. The van der Waals surface area contributed by atoms with Gasteiger partial charge in [0, 0.05) is 12.1 Å². The summed E-state index contributed by atoms with van der Waals surface area (Å²) < 4.78 is 36.6. The van der Waals surface area contributed by atoms with Crippen LogP contribution >= 0.6 is 0 Å². The number of hydrogen-bond acceptors (Lipinski definition) is 8. The van der Waals surface area contributed by atoms with E-state index in [-0.39, 0.29) is 12.3 Å². The first-order valence-electron chi connectivity index (χ1n) is 11.0. The van der Waals surface area contributed by atoms with Gasteiger partial charge in [-0.3, -0.25) is 19.2 Å². The summed E-state index contributed by atoms with van der Waals surface area (Å²) in [6, 6.07) is 18.2. The van der Waals surface area contributed by atoms with Crippen molar-refractivity contribution in [3.63, 3.8) is 0 Å². The van der Waals surface area contributed by atoms with Crippen molar-refractivity contribution in [2.45, 2.75) is 19.6 Å². The van der Waals surface area contributed by atoms with Gasteiger partial charge in [-0.1, -0.05) is 0 Å². The minimum atomic E-state index is -3.76. The number of nitro benzene ring substituents is 1. The quantitative estimate of drug-likeness (QED) is 0.229. The van der Waals surface area contributed by atoms with Crippen molar-refractivity contribution in [1.29, 1.82) is 0 Å². The van der Waals surface area contributed by atoms with Crippen LogP contribution in [-0.4, -0.2) is 44.9 Å². The van der Waals surface area contributed by atoms with Crippen molar-refractivity contribution in [3.05, 3.63) is 94.0 Å². The van der Waals surface area contributed by atoms with E-state index in [0.717, 1.165) is 16.1 Å². The van der Waals surface area contributed by atoms with E-state index >= 15 is 0 Å². The lowest BCUT2D eigenvalue weighted by Gasteiger charge is -2.27. The number of carbonyl (C=O) groups excluding carboxylic acids is 1. The van der Waals surface area contributed by atoms with Crippen molar-refractivity contribution in [2.75, 3.05) is 17.7 Å². The summed E-state index contributed by atoms with van der Waals surface area (Å²) in [7, 11) is -2.26. The van der Waals surface area contributed by atoms with Gasteiger partial charge in [-0.05, 0) is 78.7 Å². The SMILES string of the molecule is COc1ccc(N(C(C)C(=O)NN=Cc2ccc(OCc3ccc([N+](=O)[O-])cc3)cc2)S(C)(=O)=O)cc1. The molecule has 194 valence electrons. The molecule has 0 saturated heterocycles. The molecule has 1 unspecified atom stereocenters. The summed E-state index contributed by atoms with van der Waals surface area (Å²) in [6.07, 6.45) is 2.44. The topological polar surface area (TPSA) is 140 Å². The van der Waals surface area contributed by atoms with Crippen molar-refractivity contribution in [1.82, 2.24) is 5.43 Å². The number of sulfonamides is 1. The van der Waals surface area contributed by atoms with Crippen LogP contribution in [0.5, 0.6) is 11.5 Å². The molecule has 0 aliphatic rings. The number of rotatable bonds is 11. The average Bonchev–Trinajstić information content (AvgIpc) is 2.88. The Hall–Kier alpha value is -4.45. The Labute approximate surface area is 214 Å². The largest absolute Gasteiger partial charge is 0.497 e. The molecule has 0 radical (unpaired) electrons. The van der Waals surface area contributed by atoms with Crippen LogP contribution in [0, 0.1) is 10.1 Å². The van der Waals surface area contributed by atoms with Crippen LogP contribution in [0.2, 0.25) is 0 Å². The van der Waals surface area contributed by atoms with Crippen LogP contribution in [0.25, 0.3) is 0 Å². The molecule has 11 nitrogen and oxygen atoms in total. The fourth-order valence-corrected chi connectivity index (χ4v) is 4.51. The molecule has 1 atom stereocenters. The van der Waals surface area contributed by atoms with Gasteiger partial charge in [-0.15, -0.1) is 0 Å². The highest BCUT2D eigenvalue weighted by atomic mass is 32.2. The first-order valence-corrected chi connectivity index (χ1v) is 12.9. The van der Waals surface area contributed by atoms with Gasteiger partial charge in [0.1, 0.15) is 24.1 Å². The molecule has 0 saturated carbocycles. The number of benzene rings is 3. The van der Waals surface area contributed by atoms with Crippen LogP contribution in [0.1, 0.15) is 18.1 Å². The number of amides is 1. The normalized spacial score (nSPS) is 12.1. The molecule has 0 spiro atoms. The number of nitrogens with zero attached hydrogens (tertiary/aromatic N) is 3. The Bertz CT molecular complexity index is 1360. The van der Waals surface area contributed by atoms with Gasteiger partial charge < -0.3 is 9.47 Å². The van der Waals surface area contributed by atoms with Crippen molar-refractivity contribution in [2.24, 2.45) is 5.10 Å². The third-order valence-corrected chi connectivity index (χ3v) is 6.48. The first-order chi connectivity index (χ1) is 17.6. The number of methoxy groups -OCH3 is 1. The van der Waals surface area contributed by atoms with Gasteiger partial charge in [0.15, 0.2) is 0 Å². The number of anilines is 1. The summed E-state index contributed by atoms with van der Waals surface area (Å²) in [4.78, 5) is 22.9. The number of hydrazone groups is 1. The maximum Gasteiger partial charge on any atom is 0.269 e. The van der Waals surface area contributed by atoms with Gasteiger partial charge >= 0.3 is 0 Å². The molecule has 0 aliphatic carbocycles. The van der Waals surface area contributed by atoms with Gasteiger partial charge in [-0.25, -0.2) is 13.8 Å². The molecule has 37 heavy (non-hydrogen) atoms. The summed E-state index contributed by atoms with van der Waals surface area (Å²) in [5, 5.41) is 14.7. The summed E-state index contributed by atoms with van der Waals surface area (Å²) in [5.74, 6) is 0.527. The van der Waals surface area contributed by atoms with E-state index < -0.39 is 26.9 Å². The zero-order valence-corrected chi connectivity index (χ0v) is 21.2. The highest BCUT2D eigenvalue weighted by Gasteiger charge is 2.29. The highest BCUT2D eigenvalue weighted by molar-refractivity contribution is 7.92. The molecule has 1 N–H and O–H groups in total. The Morgan fingerprint density at radius 1 is 1.05 bits per heavy atom. The third kappa shape index (κ3) is 7.51. The number of nitro groups is 1. The molecule has 3 rings (SSSR count). The molecule has 3 aromatic rings. The zero-order valence-electron chi connectivity index (χ0n) is 20.4. The van der Waals surface area contributed by atoms with Gasteiger partial charge in [0.25, 0.3) is 11.6 Å². The van der Waals surface area contributed by atoms with Crippen LogP contribution in [-0.2, 0) is 21.4 Å². The summed E-state index contributed by atoms with van der Waals surface area (Å²) in [5.41, 5.74) is 4.16. The molecule has 3 aromatic carbocycles. The lowest BCUT2D eigenvalue weighted by atomic mass is 10.2. The van der Waals surface area contributed by atoms with Crippen molar-refractivity contribution in [3.8, 4) is 11.5 Å². The second-order valence-electron chi connectivity index (χ2n) is 7.95. The van der Waals surface area contributed by atoms with E-state index in [1.165, 1.54) is 32.4 Å². The minimum absolute atomic E-state index is 0.0126. The average molecular weight is 527 g/mol. The van der Waals surface area contributed by atoms with Crippen LogP contribution < -0.4 is 19.2 Å². The summed E-state index contributed by atoms with van der Waals surface area (Å²) in [6.45, 7) is 1.71. The maximum absolute atomic E-state index is 12.6. The molecular formula is C25H26N4O7S. The number of ether oxygens (including phenoxy) is 2. The smallest absolute Gasteiger partial charge is 0.269 e. The molecule has 0 aromatic heterocycles. The summed E-state index contributed by atoms with van der Waals surface area (Å²) >= 11 is 0. The predicted octanol–water partition coefficient (Wildman–Crippen LogP) is 3.49. The van der Waals surface area contributed by atoms with Crippen LogP contribution in [0.3, 0.4) is 0 Å². The molecule has 0 fully saturated rings. The number of carbonyl (C=O) groups is 1. The van der Waals surface area contributed by atoms with E-state index in [0.29, 0.717) is 22.7 Å². The van der Waals surface area contributed by atoms with E-state index in [2.05, 4.69) is 10.5 Å². The van der Waals surface area contributed by atoms with E-state index in [1.54, 1.807) is 60.7 Å². The standard InChI is InChI=1S/C25H26N4O7S/c1-18(28(37(3,33)34)21-10-14-23(35-2)15-11-21)25(30)27-26-16-19-6-12-24(13-7-19)36-17-20-4-8-22(9-5-20)29(31)32/h4-16,18H,17H2,1-3H3,(H,27,30). The number of nitrogens with one attached hydrogen (secondary N) is 1. The monoisotopic (exact) mass is 526 g/mol. The van der Waals surface area contributed by atoms with E-state index in [1.807, 2.05) is 0 Å². The lowest BCUT2D eigenvalue weighted by Crippen LogP contribution is -2.46. The van der Waals surface area contributed by atoms with Crippen molar-refractivity contribution < 1.29 is 27.6 Å². The fourth-order valence-electron chi connectivity index (χ4n) is 3.33.